The average Bonchev–Trinajstić information content (AvgIpc) is 3.36. The summed E-state index contributed by atoms with van der Waals surface area (Å²) in [6.07, 6.45) is 3.68. The number of aryl methyl sites for hydroxylation is 1. The molecule has 158 valence electrons. The number of thiophene rings is 1. The number of para-hydroxylation sites is 2. The second-order valence-electron chi connectivity index (χ2n) is 7.10. The molecule has 2 aromatic carbocycles. The lowest BCUT2D eigenvalue weighted by Crippen LogP contribution is -2.16. The monoisotopic (exact) mass is 432 g/mol. The SMILES string of the molecule is CCCCOc1ccccc1/C=N\NC(=O)c1cc2c(C)nn(-c3ccccc3)c2s1. The van der Waals surface area contributed by atoms with E-state index in [0.29, 0.717) is 11.5 Å². The van der Waals surface area contributed by atoms with Crippen molar-refractivity contribution in [2.24, 2.45) is 5.10 Å². The lowest BCUT2D eigenvalue weighted by molar-refractivity contribution is 0.0959. The van der Waals surface area contributed by atoms with Gasteiger partial charge in [-0.3, -0.25) is 4.79 Å². The van der Waals surface area contributed by atoms with Crippen LogP contribution < -0.4 is 10.2 Å². The van der Waals surface area contributed by atoms with Crippen molar-refractivity contribution < 1.29 is 9.53 Å². The maximum Gasteiger partial charge on any atom is 0.281 e. The number of aromatic nitrogens is 2. The molecular weight excluding hydrogens is 408 g/mol. The highest BCUT2D eigenvalue weighted by molar-refractivity contribution is 7.20. The summed E-state index contributed by atoms with van der Waals surface area (Å²) in [7, 11) is 0. The topological polar surface area (TPSA) is 68.5 Å². The van der Waals surface area contributed by atoms with Crippen LogP contribution in [0.5, 0.6) is 5.75 Å². The molecule has 4 aromatic rings. The number of hydrazone groups is 1. The molecule has 0 spiro atoms. The maximum atomic E-state index is 12.7. The van der Waals surface area contributed by atoms with E-state index in [1.807, 2.05) is 72.3 Å². The van der Waals surface area contributed by atoms with Gasteiger partial charge >= 0.3 is 0 Å². The van der Waals surface area contributed by atoms with E-state index in [-0.39, 0.29) is 5.91 Å². The van der Waals surface area contributed by atoms with Crippen molar-refractivity contribution in [2.75, 3.05) is 6.61 Å². The summed E-state index contributed by atoms with van der Waals surface area (Å²) < 4.78 is 7.68. The Bertz CT molecular complexity index is 1210. The van der Waals surface area contributed by atoms with Crippen molar-refractivity contribution in [3.8, 4) is 11.4 Å². The van der Waals surface area contributed by atoms with Crippen LogP contribution in [-0.4, -0.2) is 28.5 Å². The van der Waals surface area contributed by atoms with E-state index >= 15 is 0 Å². The lowest BCUT2D eigenvalue weighted by Gasteiger charge is -2.07. The Balaban J connectivity index is 1.50. The number of fused-ring (bicyclic) bond motifs is 1. The molecule has 1 N–H and O–H groups in total. The van der Waals surface area contributed by atoms with Crippen LogP contribution in [0.4, 0.5) is 0 Å². The molecule has 1 amide bonds. The second kappa shape index (κ2) is 9.57. The molecule has 6 nitrogen and oxygen atoms in total. The Morgan fingerprint density at radius 3 is 2.77 bits per heavy atom. The molecular formula is C24H24N4O2S. The Morgan fingerprint density at radius 1 is 1.19 bits per heavy atom. The zero-order valence-electron chi connectivity index (χ0n) is 17.5. The molecule has 0 saturated heterocycles. The molecule has 31 heavy (non-hydrogen) atoms. The van der Waals surface area contributed by atoms with Crippen molar-refractivity contribution in [3.05, 3.63) is 76.8 Å². The van der Waals surface area contributed by atoms with Crippen LogP contribution in [0.15, 0.2) is 65.8 Å². The molecule has 7 heteroatoms. The van der Waals surface area contributed by atoms with Crippen molar-refractivity contribution >= 4 is 33.7 Å². The zero-order chi connectivity index (χ0) is 21.6. The predicted molar refractivity (Wildman–Crippen MR) is 126 cm³/mol. The molecule has 0 bridgehead atoms. The minimum atomic E-state index is -0.249. The second-order valence-corrected chi connectivity index (χ2v) is 8.13. The standard InChI is InChI=1S/C24H24N4O2S/c1-3-4-14-30-21-13-9-8-10-18(21)16-25-26-23(29)22-15-20-17(2)27-28(24(20)31-22)19-11-6-5-7-12-19/h5-13,15-16H,3-4,14H2,1-2H3,(H,26,29)/b25-16-. The number of benzene rings is 2. The minimum absolute atomic E-state index is 0.249. The summed E-state index contributed by atoms with van der Waals surface area (Å²) in [4.78, 5) is 14.2. The number of ether oxygens (including phenoxy) is 1. The van der Waals surface area contributed by atoms with Gasteiger partial charge in [0.2, 0.25) is 0 Å². The Hall–Kier alpha value is -3.45. The van der Waals surface area contributed by atoms with Crippen LogP contribution in [0.2, 0.25) is 0 Å². The number of carbonyl (C=O) groups excluding carboxylic acids is 1. The summed E-state index contributed by atoms with van der Waals surface area (Å²) in [5.41, 5.74) is 5.30. The molecule has 4 rings (SSSR count). The fourth-order valence-corrected chi connectivity index (χ4v) is 4.24. The number of carbonyl (C=O) groups is 1. The van der Waals surface area contributed by atoms with Gasteiger partial charge in [-0.05, 0) is 43.7 Å². The lowest BCUT2D eigenvalue weighted by atomic mass is 10.2. The summed E-state index contributed by atoms with van der Waals surface area (Å²) in [5.74, 6) is 0.509. The van der Waals surface area contributed by atoms with Crippen LogP contribution in [0.25, 0.3) is 15.9 Å². The van der Waals surface area contributed by atoms with Crippen LogP contribution in [-0.2, 0) is 0 Å². The van der Waals surface area contributed by atoms with Crippen molar-refractivity contribution in [2.45, 2.75) is 26.7 Å². The number of unbranched alkanes of at least 4 members (excludes halogenated alkanes) is 1. The van der Waals surface area contributed by atoms with Gasteiger partial charge < -0.3 is 4.74 Å². The third kappa shape index (κ3) is 4.67. The molecule has 0 aliphatic carbocycles. The Labute approximate surface area is 185 Å². The predicted octanol–water partition coefficient (Wildman–Crippen LogP) is 5.34. The molecule has 0 radical (unpaired) electrons. The summed E-state index contributed by atoms with van der Waals surface area (Å²) in [6, 6.07) is 19.4. The highest BCUT2D eigenvalue weighted by Crippen LogP contribution is 2.30. The third-order valence-corrected chi connectivity index (χ3v) is 5.92. The number of nitrogens with one attached hydrogen (secondary N) is 1. The fourth-order valence-electron chi connectivity index (χ4n) is 3.16. The van der Waals surface area contributed by atoms with Gasteiger partial charge in [-0.25, -0.2) is 10.1 Å². The molecule has 2 heterocycles. The summed E-state index contributed by atoms with van der Waals surface area (Å²) >= 11 is 1.40. The van der Waals surface area contributed by atoms with E-state index in [1.165, 1.54) is 11.3 Å². The fraction of sp³-hybridized carbons (Fsp3) is 0.208. The average molecular weight is 433 g/mol. The van der Waals surface area contributed by atoms with Gasteiger partial charge in [-0.15, -0.1) is 11.3 Å². The van der Waals surface area contributed by atoms with Gasteiger partial charge in [-0.2, -0.15) is 10.2 Å². The van der Waals surface area contributed by atoms with E-state index in [4.69, 9.17) is 4.74 Å². The first-order valence-electron chi connectivity index (χ1n) is 10.3. The molecule has 0 unspecified atom stereocenters. The summed E-state index contributed by atoms with van der Waals surface area (Å²) in [5, 5.41) is 9.73. The number of rotatable bonds is 8. The largest absolute Gasteiger partial charge is 0.493 e. The van der Waals surface area contributed by atoms with E-state index in [2.05, 4.69) is 22.5 Å². The maximum absolute atomic E-state index is 12.7. The van der Waals surface area contributed by atoms with E-state index in [0.717, 1.165) is 45.8 Å². The van der Waals surface area contributed by atoms with Crippen molar-refractivity contribution in [1.82, 2.24) is 15.2 Å². The van der Waals surface area contributed by atoms with Crippen LogP contribution in [0.1, 0.15) is 40.7 Å². The van der Waals surface area contributed by atoms with Crippen LogP contribution in [0, 0.1) is 6.92 Å². The van der Waals surface area contributed by atoms with Crippen LogP contribution >= 0.6 is 11.3 Å². The third-order valence-electron chi connectivity index (χ3n) is 4.81. The number of amides is 1. The minimum Gasteiger partial charge on any atom is -0.493 e. The van der Waals surface area contributed by atoms with Gasteiger partial charge in [0.1, 0.15) is 10.6 Å². The molecule has 0 fully saturated rings. The zero-order valence-corrected chi connectivity index (χ0v) is 18.4. The smallest absolute Gasteiger partial charge is 0.281 e. The Kier molecular flexibility index (Phi) is 6.43. The van der Waals surface area contributed by atoms with Gasteiger partial charge in [0.15, 0.2) is 0 Å². The normalized spacial score (nSPS) is 11.3. The number of hydrogen-bond donors (Lipinski definition) is 1. The first-order valence-corrected chi connectivity index (χ1v) is 11.1. The molecule has 0 aliphatic heterocycles. The van der Waals surface area contributed by atoms with Crippen LogP contribution in [0.3, 0.4) is 0 Å². The summed E-state index contributed by atoms with van der Waals surface area (Å²) in [6.45, 7) is 4.73. The van der Waals surface area contributed by atoms with Gasteiger partial charge in [-0.1, -0.05) is 43.7 Å². The number of nitrogens with zero attached hydrogens (tertiary/aromatic N) is 3. The first-order chi connectivity index (χ1) is 15.2. The molecule has 2 aromatic heterocycles. The first kappa shape index (κ1) is 20.8. The van der Waals surface area contributed by atoms with Crippen molar-refractivity contribution in [1.29, 1.82) is 0 Å². The molecule has 0 saturated carbocycles. The van der Waals surface area contributed by atoms with Gasteiger partial charge in [0.25, 0.3) is 5.91 Å². The highest BCUT2D eigenvalue weighted by atomic mass is 32.1. The molecule has 0 atom stereocenters. The van der Waals surface area contributed by atoms with E-state index in [9.17, 15) is 4.79 Å². The van der Waals surface area contributed by atoms with Crippen molar-refractivity contribution in [3.63, 3.8) is 0 Å². The van der Waals surface area contributed by atoms with E-state index in [1.54, 1.807) is 6.21 Å². The van der Waals surface area contributed by atoms with Gasteiger partial charge in [0, 0.05) is 10.9 Å². The Morgan fingerprint density at radius 2 is 1.97 bits per heavy atom. The van der Waals surface area contributed by atoms with E-state index < -0.39 is 0 Å². The quantitative estimate of drug-likeness (QED) is 0.232. The van der Waals surface area contributed by atoms with Gasteiger partial charge in [0.05, 0.1) is 29.1 Å². The highest BCUT2D eigenvalue weighted by Gasteiger charge is 2.17. The molecule has 0 aliphatic rings. The number of hydrogen-bond acceptors (Lipinski definition) is 5.